The van der Waals surface area contributed by atoms with E-state index in [1.165, 1.54) is 6.33 Å². The number of halogens is 1. The maximum Gasteiger partial charge on any atom is 0.224 e. The number of nitrogens with zero attached hydrogens (tertiary/aromatic N) is 4. The van der Waals surface area contributed by atoms with Gasteiger partial charge in [0.2, 0.25) is 5.91 Å². The molecule has 0 bridgehead atoms. The van der Waals surface area contributed by atoms with E-state index in [4.69, 9.17) is 11.6 Å². The summed E-state index contributed by atoms with van der Waals surface area (Å²) >= 11 is 5.85. The zero-order valence-corrected chi connectivity index (χ0v) is 13.9. The van der Waals surface area contributed by atoms with Crippen LogP contribution in [0, 0.1) is 6.92 Å². The molecule has 0 spiro atoms. The zero-order valence-electron chi connectivity index (χ0n) is 13.1. The summed E-state index contributed by atoms with van der Waals surface area (Å²) in [6.07, 6.45) is 2.62. The van der Waals surface area contributed by atoms with Gasteiger partial charge in [0.1, 0.15) is 6.33 Å². The number of aromatic nitrogens is 4. The summed E-state index contributed by atoms with van der Waals surface area (Å²) in [4.78, 5) is 12.1. The number of benzene rings is 2. The molecule has 2 aromatic carbocycles. The minimum Gasteiger partial charge on any atom is -0.326 e. The summed E-state index contributed by atoms with van der Waals surface area (Å²) in [7, 11) is 0. The fourth-order valence-corrected chi connectivity index (χ4v) is 2.52. The van der Waals surface area contributed by atoms with Gasteiger partial charge in [0, 0.05) is 17.1 Å². The summed E-state index contributed by atoms with van der Waals surface area (Å²) in [5, 5.41) is 14.7. The van der Waals surface area contributed by atoms with Crippen LogP contribution in [0.2, 0.25) is 5.02 Å². The maximum atomic E-state index is 12.1. The molecule has 122 valence electrons. The van der Waals surface area contributed by atoms with Gasteiger partial charge in [-0.05, 0) is 65.2 Å². The molecule has 0 saturated heterocycles. The third-order valence-corrected chi connectivity index (χ3v) is 3.88. The Kier molecular flexibility index (Phi) is 4.86. The molecule has 3 rings (SSSR count). The van der Waals surface area contributed by atoms with E-state index in [1.807, 2.05) is 49.4 Å². The minimum atomic E-state index is -0.0282. The second kappa shape index (κ2) is 7.23. The molecular weight excluding hydrogens is 326 g/mol. The highest BCUT2D eigenvalue weighted by molar-refractivity contribution is 6.30. The van der Waals surface area contributed by atoms with Gasteiger partial charge in [-0.15, -0.1) is 5.10 Å². The molecule has 1 heterocycles. The van der Waals surface area contributed by atoms with Crippen molar-refractivity contribution in [1.82, 2.24) is 20.2 Å². The topological polar surface area (TPSA) is 72.7 Å². The lowest BCUT2D eigenvalue weighted by Gasteiger charge is -2.09. The molecule has 3 aromatic rings. The van der Waals surface area contributed by atoms with Crippen molar-refractivity contribution in [2.24, 2.45) is 0 Å². The fraction of sp³-hybridized carbons (Fsp3) is 0.176. The van der Waals surface area contributed by atoms with Crippen LogP contribution in [0.25, 0.3) is 5.69 Å². The molecule has 0 saturated carbocycles. The Balaban J connectivity index is 1.60. The molecular formula is C17H16ClN5O. The van der Waals surface area contributed by atoms with Crippen LogP contribution in [0.1, 0.15) is 17.5 Å². The number of rotatable bonds is 5. The van der Waals surface area contributed by atoms with Crippen molar-refractivity contribution in [2.45, 2.75) is 19.8 Å². The molecule has 0 aliphatic heterocycles. The first-order valence-corrected chi connectivity index (χ1v) is 7.88. The first kappa shape index (κ1) is 16.1. The van der Waals surface area contributed by atoms with Crippen LogP contribution in [0.15, 0.2) is 48.8 Å². The number of carbonyl (C=O) groups is 1. The first-order valence-electron chi connectivity index (χ1n) is 7.50. The fourth-order valence-electron chi connectivity index (χ4n) is 2.39. The Hall–Kier alpha value is -2.73. The summed E-state index contributed by atoms with van der Waals surface area (Å²) in [5.41, 5.74) is 3.68. The van der Waals surface area contributed by atoms with E-state index < -0.39 is 0 Å². The highest BCUT2D eigenvalue weighted by Crippen LogP contribution is 2.18. The van der Waals surface area contributed by atoms with Gasteiger partial charge in [-0.3, -0.25) is 4.79 Å². The molecule has 0 aliphatic carbocycles. The Labute approximate surface area is 144 Å². The summed E-state index contributed by atoms with van der Waals surface area (Å²) in [6.45, 7) is 1.94. The Morgan fingerprint density at radius 2 is 2.00 bits per heavy atom. The second-order valence-corrected chi connectivity index (χ2v) is 5.87. The molecule has 1 aromatic heterocycles. The minimum absolute atomic E-state index is 0.0282. The molecule has 1 amide bonds. The summed E-state index contributed by atoms with van der Waals surface area (Å²) in [5.74, 6) is -0.0282. The number of anilines is 1. The van der Waals surface area contributed by atoms with Gasteiger partial charge in [-0.2, -0.15) is 0 Å². The van der Waals surface area contributed by atoms with Gasteiger partial charge in [0.25, 0.3) is 0 Å². The van der Waals surface area contributed by atoms with Crippen LogP contribution in [-0.2, 0) is 11.2 Å². The average molecular weight is 342 g/mol. The van der Waals surface area contributed by atoms with E-state index in [-0.39, 0.29) is 5.91 Å². The molecule has 24 heavy (non-hydrogen) atoms. The molecule has 6 nitrogen and oxygen atoms in total. The first-order chi connectivity index (χ1) is 11.6. The zero-order chi connectivity index (χ0) is 16.9. The van der Waals surface area contributed by atoms with Crippen LogP contribution in [0.5, 0.6) is 0 Å². The summed E-state index contributed by atoms with van der Waals surface area (Å²) in [6, 6.07) is 13.1. The number of nitrogens with one attached hydrogen (secondary N) is 1. The van der Waals surface area contributed by atoms with Gasteiger partial charge in [0.05, 0.1) is 5.69 Å². The highest BCUT2D eigenvalue weighted by Gasteiger charge is 2.07. The van der Waals surface area contributed by atoms with Gasteiger partial charge in [-0.1, -0.05) is 23.7 Å². The van der Waals surface area contributed by atoms with Gasteiger partial charge >= 0.3 is 0 Å². The standard InChI is InChI=1S/C17H16ClN5O/c1-12-10-15(7-8-16(12)23-11-19-21-22-23)20-17(24)9-4-13-2-5-14(18)6-3-13/h2-3,5-8,10-11H,4,9H2,1H3,(H,20,24). The Morgan fingerprint density at radius 1 is 1.21 bits per heavy atom. The lowest BCUT2D eigenvalue weighted by atomic mass is 10.1. The Morgan fingerprint density at radius 3 is 2.67 bits per heavy atom. The molecule has 0 unspecified atom stereocenters. The monoisotopic (exact) mass is 341 g/mol. The maximum absolute atomic E-state index is 12.1. The predicted octanol–water partition coefficient (Wildman–Crippen LogP) is 3.20. The third-order valence-electron chi connectivity index (χ3n) is 3.63. The lowest BCUT2D eigenvalue weighted by molar-refractivity contribution is -0.116. The molecule has 0 radical (unpaired) electrons. The third kappa shape index (κ3) is 3.97. The van der Waals surface area contributed by atoms with Crippen LogP contribution < -0.4 is 5.32 Å². The summed E-state index contributed by atoms with van der Waals surface area (Å²) < 4.78 is 1.58. The quantitative estimate of drug-likeness (QED) is 0.773. The number of hydrogen-bond acceptors (Lipinski definition) is 4. The van der Waals surface area contributed by atoms with Crippen molar-refractivity contribution >= 4 is 23.2 Å². The van der Waals surface area contributed by atoms with Gasteiger partial charge in [-0.25, -0.2) is 4.68 Å². The van der Waals surface area contributed by atoms with Crippen LogP contribution >= 0.6 is 11.6 Å². The molecule has 7 heteroatoms. The highest BCUT2D eigenvalue weighted by atomic mass is 35.5. The van der Waals surface area contributed by atoms with Crippen molar-refractivity contribution in [1.29, 1.82) is 0 Å². The van der Waals surface area contributed by atoms with E-state index in [1.54, 1.807) is 4.68 Å². The lowest BCUT2D eigenvalue weighted by Crippen LogP contribution is -2.12. The smallest absolute Gasteiger partial charge is 0.224 e. The number of tetrazole rings is 1. The molecule has 0 aliphatic rings. The van der Waals surface area contributed by atoms with Crippen LogP contribution in [0.3, 0.4) is 0 Å². The SMILES string of the molecule is Cc1cc(NC(=O)CCc2ccc(Cl)cc2)ccc1-n1cnnn1. The second-order valence-electron chi connectivity index (χ2n) is 5.43. The van der Waals surface area contributed by atoms with E-state index >= 15 is 0 Å². The number of aryl methyl sites for hydroxylation is 2. The van der Waals surface area contributed by atoms with Gasteiger partial charge < -0.3 is 5.32 Å². The van der Waals surface area contributed by atoms with Gasteiger partial charge in [0.15, 0.2) is 0 Å². The average Bonchev–Trinajstić information content (AvgIpc) is 3.09. The van der Waals surface area contributed by atoms with Crippen molar-refractivity contribution in [3.05, 3.63) is 64.9 Å². The largest absolute Gasteiger partial charge is 0.326 e. The molecule has 1 N–H and O–H groups in total. The van der Waals surface area contributed by atoms with Crippen molar-refractivity contribution < 1.29 is 4.79 Å². The molecule has 0 fully saturated rings. The normalized spacial score (nSPS) is 10.6. The van der Waals surface area contributed by atoms with E-state index in [2.05, 4.69) is 20.8 Å². The molecule has 0 atom stereocenters. The predicted molar refractivity (Wildman–Crippen MR) is 92.3 cm³/mol. The van der Waals surface area contributed by atoms with E-state index in [9.17, 15) is 4.79 Å². The van der Waals surface area contributed by atoms with E-state index in [0.717, 1.165) is 22.5 Å². The number of hydrogen-bond donors (Lipinski definition) is 1. The van der Waals surface area contributed by atoms with Crippen molar-refractivity contribution in [3.63, 3.8) is 0 Å². The Bertz CT molecular complexity index is 831. The van der Waals surface area contributed by atoms with Crippen molar-refractivity contribution in [3.8, 4) is 5.69 Å². The van der Waals surface area contributed by atoms with E-state index in [0.29, 0.717) is 17.9 Å². The number of amides is 1. The number of carbonyl (C=O) groups excluding carboxylic acids is 1. The van der Waals surface area contributed by atoms with Crippen LogP contribution in [-0.4, -0.2) is 26.1 Å². The van der Waals surface area contributed by atoms with Crippen LogP contribution in [0.4, 0.5) is 5.69 Å². The van der Waals surface area contributed by atoms with Crippen molar-refractivity contribution in [2.75, 3.05) is 5.32 Å².